The van der Waals surface area contributed by atoms with Gasteiger partial charge in [0, 0.05) is 16.8 Å². The van der Waals surface area contributed by atoms with Crippen molar-refractivity contribution < 1.29 is 14.0 Å². The minimum atomic E-state index is -0.757. The summed E-state index contributed by atoms with van der Waals surface area (Å²) in [5.41, 5.74) is 11.2. The van der Waals surface area contributed by atoms with Crippen LogP contribution in [0.4, 0.5) is 10.1 Å². The maximum Gasteiger partial charge on any atom is 0.248 e. The lowest BCUT2D eigenvalue weighted by Crippen LogP contribution is -2.35. The first-order chi connectivity index (χ1) is 8.86. The Labute approximate surface area is 111 Å². The van der Waals surface area contributed by atoms with E-state index in [-0.39, 0.29) is 16.8 Å². The zero-order valence-corrected chi connectivity index (χ0v) is 11.0. The number of anilines is 1. The van der Waals surface area contributed by atoms with Gasteiger partial charge >= 0.3 is 0 Å². The summed E-state index contributed by atoms with van der Waals surface area (Å²) in [5, 5.41) is 2.52. The van der Waals surface area contributed by atoms with Gasteiger partial charge in [0.1, 0.15) is 5.82 Å². The number of nitrogens with one attached hydrogen (secondary N) is 1. The van der Waals surface area contributed by atoms with Crippen molar-refractivity contribution >= 4 is 17.5 Å². The molecular weight excluding hydrogens is 249 g/mol. The second-order valence-corrected chi connectivity index (χ2v) is 4.38. The predicted molar refractivity (Wildman–Crippen MR) is 71.2 cm³/mol. The molecule has 19 heavy (non-hydrogen) atoms. The van der Waals surface area contributed by atoms with E-state index >= 15 is 0 Å². The third-order valence-electron chi connectivity index (χ3n) is 2.82. The standard InChI is InChI=1S/C13H18FN3O2/c1-3-4-10(15)13(19)17-11-6-8(12(16)18)5-9(14)7(11)2/h5-6,10H,3-4,15H2,1-2H3,(H2,16,18)(H,17,19)/t10-/m1/s1. The quantitative estimate of drug-likeness (QED) is 0.749. The van der Waals surface area contributed by atoms with Gasteiger partial charge in [-0.25, -0.2) is 4.39 Å². The Morgan fingerprint density at radius 2 is 2.05 bits per heavy atom. The van der Waals surface area contributed by atoms with E-state index in [1.165, 1.54) is 13.0 Å². The molecule has 0 aromatic heterocycles. The fourth-order valence-corrected chi connectivity index (χ4v) is 1.62. The van der Waals surface area contributed by atoms with E-state index in [2.05, 4.69) is 5.32 Å². The van der Waals surface area contributed by atoms with Crippen molar-refractivity contribution in [2.75, 3.05) is 5.32 Å². The van der Waals surface area contributed by atoms with Crippen LogP contribution in [0.15, 0.2) is 12.1 Å². The SMILES string of the molecule is CCC[C@@H](N)C(=O)Nc1cc(C(N)=O)cc(F)c1C. The van der Waals surface area contributed by atoms with E-state index in [4.69, 9.17) is 11.5 Å². The maximum absolute atomic E-state index is 13.6. The zero-order valence-electron chi connectivity index (χ0n) is 11.0. The van der Waals surface area contributed by atoms with Crippen molar-refractivity contribution in [3.8, 4) is 0 Å². The van der Waals surface area contributed by atoms with Crippen LogP contribution in [0.25, 0.3) is 0 Å². The van der Waals surface area contributed by atoms with Gasteiger partial charge in [-0.3, -0.25) is 9.59 Å². The highest BCUT2D eigenvalue weighted by molar-refractivity contribution is 5.98. The third-order valence-corrected chi connectivity index (χ3v) is 2.82. The van der Waals surface area contributed by atoms with Gasteiger partial charge in [0.05, 0.1) is 6.04 Å². The summed E-state index contributed by atoms with van der Waals surface area (Å²) in [6.45, 7) is 3.41. The lowest BCUT2D eigenvalue weighted by atomic mass is 10.1. The average molecular weight is 267 g/mol. The Morgan fingerprint density at radius 3 is 2.58 bits per heavy atom. The number of carbonyl (C=O) groups excluding carboxylic acids is 2. The number of nitrogens with two attached hydrogens (primary N) is 2. The van der Waals surface area contributed by atoms with Crippen molar-refractivity contribution in [1.29, 1.82) is 0 Å². The number of carbonyl (C=O) groups is 2. The van der Waals surface area contributed by atoms with Crippen molar-refractivity contribution in [3.63, 3.8) is 0 Å². The second-order valence-electron chi connectivity index (χ2n) is 4.38. The molecule has 0 unspecified atom stereocenters. The Kier molecular flexibility index (Phi) is 5.00. The van der Waals surface area contributed by atoms with Crippen molar-refractivity contribution in [2.24, 2.45) is 11.5 Å². The first kappa shape index (κ1) is 15.1. The molecule has 0 saturated carbocycles. The number of primary amides is 1. The molecule has 0 saturated heterocycles. The van der Waals surface area contributed by atoms with E-state index < -0.39 is 23.7 Å². The number of rotatable bonds is 5. The van der Waals surface area contributed by atoms with E-state index in [1.54, 1.807) is 0 Å². The molecule has 104 valence electrons. The van der Waals surface area contributed by atoms with Crippen LogP contribution in [-0.2, 0) is 4.79 Å². The molecule has 5 N–H and O–H groups in total. The topological polar surface area (TPSA) is 98.2 Å². The minimum Gasteiger partial charge on any atom is -0.366 e. The molecule has 1 atom stereocenters. The van der Waals surface area contributed by atoms with Crippen molar-refractivity contribution in [3.05, 3.63) is 29.1 Å². The molecular formula is C13H18FN3O2. The summed E-state index contributed by atoms with van der Waals surface area (Å²) in [4.78, 5) is 22.8. The first-order valence-corrected chi connectivity index (χ1v) is 6.03. The molecule has 0 heterocycles. The van der Waals surface area contributed by atoms with Crippen molar-refractivity contribution in [1.82, 2.24) is 0 Å². The van der Waals surface area contributed by atoms with Crippen LogP contribution in [-0.4, -0.2) is 17.9 Å². The van der Waals surface area contributed by atoms with Gasteiger partial charge in [-0.05, 0) is 25.5 Å². The Hall–Kier alpha value is -1.95. The summed E-state index contributed by atoms with van der Waals surface area (Å²) in [6, 6.07) is 1.72. The van der Waals surface area contributed by atoms with Gasteiger partial charge in [0.15, 0.2) is 0 Å². The molecule has 0 aliphatic rings. The molecule has 2 amide bonds. The second kappa shape index (κ2) is 6.29. The van der Waals surface area contributed by atoms with Gasteiger partial charge in [0.2, 0.25) is 11.8 Å². The van der Waals surface area contributed by atoms with E-state index in [0.29, 0.717) is 6.42 Å². The summed E-state index contributed by atoms with van der Waals surface area (Å²) in [5.74, 6) is -1.77. The molecule has 0 aliphatic carbocycles. The number of hydrogen-bond acceptors (Lipinski definition) is 3. The highest BCUT2D eigenvalue weighted by atomic mass is 19.1. The van der Waals surface area contributed by atoms with Gasteiger partial charge in [-0.2, -0.15) is 0 Å². The molecule has 6 heteroatoms. The van der Waals surface area contributed by atoms with E-state index in [0.717, 1.165) is 12.5 Å². The molecule has 1 aromatic carbocycles. The summed E-state index contributed by atoms with van der Waals surface area (Å²) in [7, 11) is 0. The largest absolute Gasteiger partial charge is 0.366 e. The van der Waals surface area contributed by atoms with E-state index in [1.807, 2.05) is 6.92 Å². The third kappa shape index (κ3) is 3.75. The lowest BCUT2D eigenvalue weighted by molar-refractivity contribution is -0.117. The summed E-state index contributed by atoms with van der Waals surface area (Å²) < 4.78 is 13.6. The fraction of sp³-hybridized carbons (Fsp3) is 0.385. The number of benzene rings is 1. The molecule has 0 bridgehead atoms. The van der Waals surface area contributed by atoms with Gasteiger partial charge in [-0.1, -0.05) is 13.3 Å². The molecule has 1 aromatic rings. The number of amides is 2. The Balaban J connectivity index is 3.00. The zero-order chi connectivity index (χ0) is 14.6. The smallest absolute Gasteiger partial charge is 0.248 e. The van der Waals surface area contributed by atoms with Crippen LogP contribution >= 0.6 is 0 Å². The summed E-state index contributed by atoms with van der Waals surface area (Å²) >= 11 is 0. The highest BCUT2D eigenvalue weighted by Crippen LogP contribution is 2.21. The molecule has 0 spiro atoms. The average Bonchev–Trinajstić information content (AvgIpc) is 2.34. The first-order valence-electron chi connectivity index (χ1n) is 6.03. The van der Waals surface area contributed by atoms with Crippen LogP contribution in [0.3, 0.4) is 0 Å². The highest BCUT2D eigenvalue weighted by Gasteiger charge is 2.16. The van der Waals surface area contributed by atoms with Crippen molar-refractivity contribution in [2.45, 2.75) is 32.7 Å². The maximum atomic E-state index is 13.6. The number of hydrogen-bond donors (Lipinski definition) is 3. The predicted octanol–water partition coefficient (Wildman–Crippen LogP) is 1.30. The van der Waals surface area contributed by atoms with Crippen LogP contribution in [0.1, 0.15) is 35.7 Å². The van der Waals surface area contributed by atoms with Crippen LogP contribution in [0.2, 0.25) is 0 Å². The monoisotopic (exact) mass is 267 g/mol. The molecule has 5 nitrogen and oxygen atoms in total. The Morgan fingerprint density at radius 1 is 1.42 bits per heavy atom. The van der Waals surface area contributed by atoms with Gasteiger partial charge in [-0.15, -0.1) is 0 Å². The van der Waals surface area contributed by atoms with Crippen LogP contribution in [0, 0.1) is 12.7 Å². The Bertz CT molecular complexity index is 503. The lowest BCUT2D eigenvalue weighted by Gasteiger charge is -2.14. The van der Waals surface area contributed by atoms with Crippen LogP contribution < -0.4 is 16.8 Å². The van der Waals surface area contributed by atoms with Gasteiger partial charge in [0.25, 0.3) is 0 Å². The molecule has 1 rings (SSSR count). The van der Waals surface area contributed by atoms with Gasteiger partial charge < -0.3 is 16.8 Å². The summed E-state index contributed by atoms with van der Waals surface area (Å²) in [6.07, 6.45) is 1.30. The molecule has 0 aliphatic heterocycles. The normalized spacial score (nSPS) is 12.0. The fourth-order valence-electron chi connectivity index (χ4n) is 1.62. The molecule has 0 radical (unpaired) electrons. The molecule has 0 fully saturated rings. The van der Waals surface area contributed by atoms with E-state index in [9.17, 15) is 14.0 Å². The van der Waals surface area contributed by atoms with Crippen LogP contribution in [0.5, 0.6) is 0 Å². The minimum absolute atomic E-state index is 0.00228. The number of halogens is 1.